The van der Waals surface area contributed by atoms with Gasteiger partial charge >= 0.3 is 0 Å². The number of rotatable bonds is 4. The number of benzene rings is 1. The molecule has 1 amide bonds. The Hall–Kier alpha value is -2.50. The fraction of sp³-hybridized carbons (Fsp3) is 0. The molecule has 3 aromatic rings. The van der Waals surface area contributed by atoms with Crippen LogP contribution in [0.4, 0.5) is 5.69 Å². The fourth-order valence-corrected chi connectivity index (χ4v) is 2.34. The number of carbonyl (C=O) groups is 1. The van der Waals surface area contributed by atoms with Crippen molar-refractivity contribution in [2.75, 3.05) is 5.32 Å². The number of anilines is 1. The molecule has 2 heterocycles. The molecule has 0 saturated heterocycles. The molecule has 3 rings (SSSR count). The molecule has 0 radical (unpaired) electrons. The first kappa shape index (κ1) is 15.4. The minimum absolute atomic E-state index is 0.108. The second-order valence-corrected chi connectivity index (χ2v) is 5.39. The van der Waals surface area contributed by atoms with E-state index in [0.717, 1.165) is 0 Å². The van der Waals surface area contributed by atoms with Crippen molar-refractivity contribution in [2.45, 2.75) is 0 Å². The zero-order valence-corrected chi connectivity index (χ0v) is 13.1. The van der Waals surface area contributed by atoms with Gasteiger partial charge in [-0.3, -0.25) is 9.78 Å². The Kier molecular flexibility index (Phi) is 4.50. The highest BCUT2D eigenvalue weighted by Crippen LogP contribution is 2.29. The lowest BCUT2D eigenvalue weighted by Crippen LogP contribution is -2.10. The van der Waals surface area contributed by atoms with Gasteiger partial charge in [0.25, 0.3) is 11.9 Å². The maximum atomic E-state index is 12.1. The Labute approximate surface area is 141 Å². The molecule has 0 bridgehead atoms. The monoisotopic (exact) mass is 348 g/mol. The Morgan fingerprint density at radius 2 is 1.91 bits per heavy atom. The average Bonchev–Trinajstić information content (AvgIpc) is 2.96. The second-order valence-electron chi connectivity index (χ2n) is 4.52. The van der Waals surface area contributed by atoms with Crippen LogP contribution in [0.1, 0.15) is 10.6 Å². The van der Waals surface area contributed by atoms with Gasteiger partial charge in [-0.15, -0.1) is 0 Å². The van der Waals surface area contributed by atoms with Crippen LogP contribution in [0, 0.1) is 0 Å². The van der Waals surface area contributed by atoms with Gasteiger partial charge in [-0.25, -0.2) is 0 Å². The zero-order chi connectivity index (χ0) is 16.2. The summed E-state index contributed by atoms with van der Waals surface area (Å²) in [5.41, 5.74) is 0.568. The summed E-state index contributed by atoms with van der Waals surface area (Å²) >= 11 is 11.8. The maximum Gasteiger partial charge on any atom is 0.291 e. The van der Waals surface area contributed by atoms with Gasteiger partial charge in [0.2, 0.25) is 0 Å². The molecule has 5 nitrogen and oxygen atoms in total. The van der Waals surface area contributed by atoms with Gasteiger partial charge in [0.05, 0.1) is 11.9 Å². The van der Waals surface area contributed by atoms with Crippen molar-refractivity contribution in [2.24, 2.45) is 0 Å². The Morgan fingerprint density at radius 3 is 2.61 bits per heavy atom. The van der Waals surface area contributed by atoms with Crippen LogP contribution < -0.4 is 10.1 Å². The van der Waals surface area contributed by atoms with Crippen LogP contribution in [0.5, 0.6) is 11.7 Å². The normalized spacial score (nSPS) is 10.3. The first-order valence-electron chi connectivity index (χ1n) is 6.55. The van der Waals surface area contributed by atoms with E-state index >= 15 is 0 Å². The lowest BCUT2D eigenvalue weighted by atomic mass is 10.3. The smallest absolute Gasteiger partial charge is 0.291 e. The van der Waals surface area contributed by atoms with Crippen LogP contribution in [-0.4, -0.2) is 10.9 Å². The lowest BCUT2D eigenvalue weighted by molar-refractivity contribution is 0.0991. The van der Waals surface area contributed by atoms with Crippen LogP contribution in [-0.2, 0) is 0 Å². The van der Waals surface area contributed by atoms with Gasteiger partial charge < -0.3 is 14.5 Å². The first-order valence-corrected chi connectivity index (χ1v) is 7.31. The molecule has 1 N–H and O–H groups in total. The predicted molar refractivity (Wildman–Crippen MR) is 87.4 cm³/mol. The summed E-state index contributed by atoms with van der Waals surface area (Å²) < 4.78 is 10.9. The summed E-state index contributed by atoms with van der Waals surface area (Å²) in [5, 5.41) is 3.54. The van der Waals surface area contributed by atoms with Crippen molar-refractivity contribution < 1.29 is 13.9 Å². The van der Waals surface area contributed by atoms with E-state index < -0.39 is 5.91 Å². The third-order valence-corrected chi connectivity index (χ3v) is 3.22. The van der Waals surface area contributed by atoms with E-state index in [1.807, 2.05) is 0 Å². The van der Waals surface area contributed by atoms with Crippen LogP contribution in [0.3, 0.4) is 0 Å². The largest absolute Gasteiger partial charge is 0.426 e. The Balaban J connectivity index is 1.71. The summed E-state index contributed by atoms with van der Waals surface area (Å²) in [6.45, 7) is 0. The van der Waals surface area contributed by atoms with Gasteiger partial charge in [-0.2, -0.15) is 0 Å². The Morgan fingerprint density at radius 1 is 1.13 bits per heavy atom. The maximum absolute atomic E-state index is 12.1. The van der Waals surface area contributed by atoms with E-state index in [1.54, 1.807) is 36.5 Å². The van der Waals surface area contributed by atoms with Gasteiger partial charge in [0.15, 0.2) is 5.76 Å². The number of pyridine rings is 1. The molecular formula is C16H10Cl2N2O3. The van der Waals surface area contributed by atoms with Crippen LogP contribution in [0.15, 0.2) is 59.3 Å². The van der Waals surface area contributed by atoms with Gasteiger partial charge in [-0.05, 0) is 36.4 Å². The van der Waals surface area contributed by atoms with E-state index in [2.05, 4.69) is 10.3 Å². The number of hydrogen-bond donors (Lipinski definition) is 1. The molecule has 0 aliphatic carbocycles. The van der Waals surface area contributed by atoms with Gasteiger partial charge in [-0.1, -0.05) is 23.2 Å². The average molecular weight is 349 g/mol. The second kappa shape index (κ2) is 6.73. The van der Waals surface area contributed by atoms with Crippen LogP contribution >= 0.6 is 23.2 Å². The van der Waals surface area contributed by atoms with Gasteiger partial charge in [0.1, 0.15) is 5.75 Å². The topological polar surface area (TPSA) is 64.4 Å². The quantitative estimate of drug-likeness (QED) is 0.718. The molecule has 0 saturated carbocycles. The molecule has 0 atom stereocenters. The molecule has 7 heteroatoms. The van der Waals surface area contributed by atoms with Crippen molar-refractivity contribution in [1.29, 1.82) is 0 Å². The van der Waals surface area contributed by atoms with E-state index in [-0.39, 0.29) is 11.7 Å². The minimum Gasteiger partial charge on any atom is -0.426 e. The number of hydrogen-bond acceptors (Lipinski definition) is 4. The number of nitrogens with one attached hydrogen (secondary N) is 1. The van der Waals surface area contributed by atoms with Crippen LogP contribution in [0.25, 0.3) is 0 Å². The number of carbonyl (C=O) groups excluding carboxylic acids is 1. The standard InChI is InChI=1S/C16H10Cl2N2O3/c17-10-6-11(18)8-13(7-10)22-15-4-3-14(23-15)16(21)20-12-2-1-5-19-9-12/h1-9H,(H,20,21). The van der Waals surface area contributed by atoms with E-state index in [1.165, 1.54) is 18.3 Å². The highest BCUT2D eigenvalue weighted by atomic mass is 35.5. The summed E-state index contributed by atoms with van der Waals surface area (Å²) in [6.07, 6.45) is 3.15. The number of aromatic nitrogens is 1. The molecule has 0 unspecified atom stereocenters. The molecule has 0 fully saturated rings. The predicted octanol–water partition coefficient (Wildman–Crippen LogP) is 5.03. The third-order valence-electron chi connectivity index (χ3n) is 2.78. The minimum atomic E-state index is -0.406. The summed E-state index contributed by atoms with van der Waals surface area (Å²) in [4.78, 5) is 16.0. The van der Waals surface area contributed by atoms with Crippen molar-refractivity contribution in [1.82, 2.24) is 4.98 Å². The molecule has 0 aliphatic heterocycles. The van der Waals surface area contributed by atoms with Crippen molar-refractivity contribution in [3.8, 4) is 11.7 Å². The third kappa shape index (κ3) is 4.03. The molecule has 2 aromatic heterocycles. The van der Waals surface area contributed by atoms with E-state index in [9.17, 15) is 4.79 Å². The van der Waals surface area contributed by atoms with Crippen molar-refractivity contribution in [3.05, 3.63) is 70.7 Å². The van der Waals surface area contributed by atoms with Crippen LogP contribution in [0.2, 0.25) is 10.0 Å². The van der Waals surface area contributed by atoms with Crippen molar-refractivity contribution >= 4 is 34.8 Å². The molecule has 116 valence electrons. The number of furan rings is 1. The lowest BCUT2D eigenvalue weighted by Gasteiger charge is -2.04. The van der Waals surface area contributed by atoms with E-state index in [0.29, 0.717) is 21.5 Å². The molecular weight excluding hydrogens is 339 g/mol. The molecule has 1 aromatic carbocycles. The zero-order valence-electron chi connectivity index (χ0n) is 11.6. The summed E-state index contributed by atoms with van der Waals surface area (Å²) in [5.74, 6) is 0.268. The fourth-order valence-electron chi connectivity index (χ4n) is 1.83. The highest BCUT2D eigenvalue weighted by Gasteiger charge is 2.13. The summed E-state index contributed by atoms with van der Waals surface area (Å²) in [7, 11) is 0. The molecule has 0 aliphatic rings. The SMILES string of the molecule is O=C(Nc1cccnc1)c1ccc(Oc2cc(Cl)cc(Cl)c2)o1. The summed E-state index contributed by atoms with van der Waals surface area (Å²) in [6, 6.07) is 11.2. The van der Waals surface area contributed by atoms with Crippen molar-refractivity contribution in [3.63, 3.8) is 0 Å². The number of halogens is 2. The molecule has 0 spiro atoms. The number of amides is 1. The molecule has 23 heavy (non-hydrogen) atoms. The first-order chi connectivity index (χ1) is 11.1. The van der Waals surface area contributed by atoms with E-state index in [4.69, 9.17) is 32.4 Å². The number of nitrogens with zero attached hydrogens (tertiary/aromatic N) is 1. The number of ether oxygens (including phenoxy) is 1. The van der Waals surface area contributed by atoms with Gasteiger partial charge in [0, 0.05) is 22.3 Å². The highest BCUT2D eigenvalue weighted by molar-refractivity contribution is 6.34. The Bertz CT molecular complexity index is 814.